The van der Waals surface area contributed by atoms with E-state index in [-0.39, 0.29) is 23.4 Å². The summed E-state index contributed by atoms with van der Waals surface area (Å²) in [6.45, 7) is 12.0. The van der Waals surface area contributed by atoms with Gasteiger partial charge in [-0.25, -0.2) is 9.59 Å². The van der Waals surface area contributed by atoms with Crippen LogP contribution in [-0.4, -0.2) is 56.7 Å². The number of carboxylic acid groups (broad SMARTS) is 1. The van der Waals surface area contributed by atoms with E-state index < -0.39 is 12.0 Å². The van der Waals surface area contributed by atoms with Crippen molar-refractivity contribution >= 4 is 23.8 Å². The van der Waals surface area contributed by atoms with Gasteiger partial charge in [0, 0.05) is 18.3 Å². The van der Waals surface area contributed by atoms with Crippen molar-refractivity contribution in [2.75, 3.05) is 12.3 Å². The topological polar surface area (TPSA) is 60.9 Å². The van der Waals surface area contributed by atoms with Gasteiger partial charge in [-0.2, -0.15) is 0 Å². The standard InChI is InChI=1S/C14H24N2O3S/c1-6-7-15(10(4)5)14(19)16-11(13(17)18)8-20-12(16)9(2)3/h6,9-12H,1,7-8H2,2-5H3,(H,17,18). The number of carboxylic acids is 1. The van der Waals surface area contributed by atoms with Crippen molar-refractivity contribution in [2.45, 2.75) is 45.2 Å². The van der Waals surface area contributed by atoms with Crippen LogP contribution in [0.2, 0.25) is 0 Å². The minimum absolute atomic E-state index is 0.00774. The molecule has 0 bridgehead atoms. The number of hydrogen-bond donors (Lipinski definition) is 1. The first-order valence-corrected chi connectivity index (χ1v) is 7.90. The van der Waals surface area contributed by atoms with Gasteiger partial charge in [0.25, 0.3) is 0 Å². The first-order chi connectivity index (χ1) is 9.31. The minimum atomic E-state index is -0.934. The number of urea groups is 1. The molecule has 0 radical (unpaired) electrons. The molecule has 1 N–H and O–H groups in total. The third-order valence-corrected chi connectivity index (χ3v) is 4.93. The molecule has 2 unspecified atom stereocenters. The summed E-state index contributed by atoms with van der Waals surface area (Å²) in [5.74, 6) is -0.272. The van der Waals surface area contributed by atoms with Gasteiger partial charge in [-0.15, -0.1) is 18.3 Å². The summed E-state index contributed by atoms with van der Waals surface area (Å²) in [5, 5.41) is 9.25. The number of carbonyl (C=O) groups excluding carboxylic acids is 1. The number of amides is 2. The number of hydrogen-bond acceptors (Lipinski definition) is 3. The monoisotopic (exact) mass is 300 g/mol. The van der Waals surface area contributed by atoms with Crippen LogP contribution >= 0.6 is 11.8 Å². The summed E-state index contributed by atoms with van der Waals surface area (Å²) < 4.78 is 0. The molecule has 114 valence electrons. The van der Waals surface area contributed by atoms with E-state index in [1.807, 2.05) is 27.7 Å². The average molecular weight is 300 g/mol. The second kappa shape index (κ2) is 7.02. The first kappa shape index (κ1) is 16.9. The Morgan fingerprint density at radius 1 is 1.45 bits per heavy atom. The van der Waals surface area contributed by atoms with E-state index in [4.69, 9.17) is 0 Å². The van der Waals surface area contributed by atoms with Crippen molar-refractivity contribution in [1.82, 2.24) is 9.80 Å². The average Bonchev–Trinajstić information content (AvgIpc) is 2.79. The van der Waals surface area contributed by atoms with Gasteiger partial charge in [-0.05, 0) is 19.8 Å². The summed E-state index contributed by atoms with van der Waals surface area (Å²) in [5.41, 5.74) is 0. The molecule has 1 heterocycles. The van der Waals surface area contributed by atoms with Gasteiger partial charge in [0.2, 0.25) is 0 Å². The molecule has 2 atom stereocenters. The molecule has 0 aromatic rings. The van der Waals surface area contributed by atoms with Crippen LogP contribution in [-0.2, 0) is 4.79 Å². The second-order valence-electron chi connectivity index (χ2n) is 5.55. The van der Waals surface area contributed by atoms with E-state index in [2.05, 4.69) is 6.58 Å². The maximum absolute atomic E-state index is 12.7. The number of rotatable bonds is 5. The molecular formula is C14H24N2O3S. The van der Waals surface area contributed by atoms with Gasteiger partial charge in [0.1, 0.15) is 6.04 Å². The first-order valence-electron chi connectivity index (χ1n) is 6.85. The van der Waals surface area contributed by atoms with Crippen molar-refractivity contribution in [3.63, 3.8) is 0 Å². The van der Waals surface area contributed by atoms with E-state index in [9.17, 15) is 14.7 Å². The maximum atomic E-state index is 12.7. The number of carbonyl (C=O) groups is 2. The zero-order valence-corrected chi connectivity index (χ0v) is 13.4. The Morgan fingerprint density at radius 2 is 2.05 bits per heavy atom. The highest BCUT2D eigenvalue weighted by molar-refractivity contribution is 8.00. The van der Waals surface area contributed by atoms with Crippen LogP contribution in [0.5, 0.6) is 0 Å². The van der Waals surface area contributed by atoms with Crippen molar-refractivity contribution in [3.05, 3.63) is 12.7 Å². The van der Waals surface area contributed by atoms with Crippen LogP contribution in [0.15, 0.2) is 12.7 Å². The van der Waals surface area contributed by atoms with E-state index in [0.29, 0.717) is 12.3 Å². The lowest BCUT2D eigenvalue weighted by Gasteiger charge is -2.36. The number of aliphatic carboxylic acids is 1. The normalized spacial score (nSPS) is 22.4. The Morgan fingerprint density at radius 3 is 2.45 bits per heavy atom. The summed E-state index contributed by atoms with van der Waals surface area (Å²) in [4.78, 5) is 27.3. The lowest BCUT2D eigenvalue weighted by Crippen LogP contribution is -2.54. The summed E-state index contributed by atoms with van der Waals surface area (Å²) in [7, 11) is 0. The van der Waals surface area contributed by atoms with Gasteiger partial charge in [-0.3, -0.25) is 4.90 Å². The number of nitrogens with zero attached hydrogens (tertiary/aromatic N) is 2. The molecule has 0 aliphatic carbocycles. The van der Waals surface area contributed by atoms with Crippen LogP contribution < -0.4 is 0 Å². The predicted molar refractivity (Wildman–Crippen MR) is 81.8 cm³/mol. The Labute approximate surface area is 125 Å². The molecule has 0 aromatic heterocycles. The molecule has 0 aromatic carbocycles. The van der Waals surface area contributed by atoms with E-state index >= 15 is 0 Å². The quantitative estimate of drug-likeness (QED) is 0.792. The van der Waals surface area contributed by atoms with Gasteiger partial charge in [-0.1, -0.05) is 19.9 Å². The van der Waals surface area contributed by atoms with E-state index in [1.165, 1.54) is 4.90 Å². The maximum Gasteiger partial charge on any atom is 0.327 e. The third-order valence-electron chi connectivity index (χ3n) is 3.31. The summed E-state index contributed by atoms with van der Waals surface area (Å²) in [6, 6.07) is -0.949. The lowest BCUT2D eigenvalue weighted by molar-refractivity contribution is -0.141. The highest BCUT2D eigenvalue weighted by atomic mass is 32.2. The molecule has 1 fully saturated rings. The summed E-state index contributed by atoms with van der Waals surface area (Å²) >= 11 is 1.54. The molecule has 20 heavy (non-hydrogen) atoms. The Balaban J connectivity index is 3.04. The zero-order valence-electron chi connectivity index (χ0n) is 12.6. The van der Waals surface area contributed by atoms with Crippen molar-refractivity contribution in [1.29, 1.82) is 0 Å². The molecule has 1 saturated heterocycles. The van der Waals surface area contributed by atoms with Gasteiger partial charge < -0.3 is 10.0 Å². The van der Waals surface area contributed by atoms with Gasteiger partial charge in [0.05, 0.1) is 5.37 Å². The van der Waals surface area contributed by atoms with Crippen molar-refractivity contribution in [3.8, 4) is 0 Å². The van der Waals surface area contributed by atoms with Crippen molar-refractivity contribution < 1.29 is 14.7 Å². The lowest BCUT2D eigenvalue weighted by atomic mass is 10.1. The smallest absolute Gasteiger partial charge is 0.327 e. The number of thioether (sulfide) groups is 1. The van der Waals surface area contributed by atoms with Crippen LogP contribution in [0, 0.1) is 5.92 Å². The van der Waals surface area contributed by atoms with Crippen LogP contribution in [0.25, 0.3) is 0 Å². The molecule has 1 aliphatic heterocycles. The molecule has 5 nitrogen and oxygen atoms in total. The van der Waals surface area contributed by atoms with Gasteiger partial charge in [0.15, 0.2) is 0 Å². The highest BCUT2D eigenvalue weighted by Crippen LogP contribution is 2.35. The van der Waals surface area contributed by atoms with E-state index in [1.54, 1.807) is 22.7 Å². The van der Waals surface area contributed by atoms with E-state index in [0.717, 1.165) is 0 Å². The largest absolute Gasteiger partial charge is 0.480 e. The SMILES string of the molecule is C=CCN(C(=O)N1C(C(=O)O)CSC1C(C)C)C(C)C. The second-order valence-corrected chi connectivity index (χ2v) is 6.70. The molecular weight excluding hydrogens is 276 g/mol. The highest BCUT2D eigenvalue weighted by Gasteiger charge is 2.44. The van der Waals surface area contributed by atoms with Gasteiger partial charge >= 0.3 is 12.0 Å². The molecule has 0 saturated carbocycles. The minimum Gasteiger partial charge on any atom is -0.480 e. The fourth-order valence-corrected chi connectivity index (χ4v) is 3.74. The van der Waals surface area contributed by atoms with Crippen LogP contribution in [0.4, 0.5) is 4.79 Å². The summed E-state index contributed by atoms with van der Waals surface area (Å²) in [6.07, 6.45) is 1.67. The molecule has 1 rings (SSSR count). The zero-order chi connectivity index (χ0) is 15.4. The fourth-order valence-electron chi connectivity index (χ4n) is 2.27. The molecule has 2 amide bonds. The van der Waals surface area contributed by atoms with Crippen LogP contribution in [0.1, 0.15) is 27.7 Å². The third kappa shape index (κ3) is 3.48. The van der Waals surface area contributed by atoms with Crippen LogP contribution in [0.3, 0.4) is 0 Å². The fraction of sp³-hybridized carbons (Fsp3) is 0.714. The Kier molecular flexibility index (Phi) is 5.92. The Bertz CT molecular complexity index is 385. The predicted octanol–water partition coefficient (Wildman–Crippen LogP) is 2.49. The van der Waals surface area contributed by atoms with Crippen molar-refractivity contribution in [2.24, 2.45) is 5.92 Å². The molecule has 0 spiro atoms. The Hall–Kier alpha value is -1.17. The molecule has 1 aliphatic rings. The molecule has 6 heteroatoms.